The summed E-state index contributed by atoms with van der Waals surface area (Å²) in [5, 5.41) is 15.0. The van der Waals surface area contributed by atoms with E-state index in [1.54, 1.807) is 13.3 Å². The van der Waals surface area contributed by atoms with E-state index < -0.39 is 17.7 Å². The van der Waals surface area contributed by atoms with Gasteiger partial charge in [0, 0.05) is 48.7 Å². The highest BCUT2D eigenvalue weighted by molar-refractivity contribution is 5.98. The molecule has 182 valence electrons. The number of likely N-dealkylation sites (tertiary alicyclic amines) is 1. The van der Waals surface area contributed by atoms with Crippen LogP contribution in [0.5, 0.6) is 5.75 Å². The minimum Gasteiger partial charge on any atom is -0.497 e. The fourth-order valence-electron chi connectivity index (χ4n) is 4.71. The molecule has 4 aromatic rings. The third-order valence-corrected chi connectivity index (χ3v) is 6.59. The number of aliphatic hydroxyl groups is 1. The maximum atomic E-state index is 13.9. The summed E-state index contributed by atoms with van der Waals surface area (Å²) in [6, 6.07) is 10.7. The number of aliphatic hydroxyl groups excluding tert-OH is 1. The van der Waals surface area contributed by atoms with E-state index in [1.807, 2.05) is 24.3 Å². The number of piperidine rings is 1. The van der Waals surface area contributed by atoms with Crippen molar-refractivity contribution in [1.82, 2.24) is 20.2 Å². The number of methoxy groups -OCH3 is 1. The lowest BCUT2D eigenvalue weighted by Gasteiger charge is -2.33. The number of nitrogens with zero attached hydrogens (tertiary/aromatic N) is 2. The fraction of sp³-hybridized carbons (Fsp3) is 0.308. The third kappa shape index (κ3) is 4.82. The molecule has 35 heavy (non-hydrogen) atoms. The van der Waals surface area contributed by atoms with E-state index in [4.69, 9.17) is 4.74 Å². The van der Waals surface area contributed by atoms with Crippen molar-refractivity contribution in [2.24, 2.45) is 0 Å². The van der Waals surface area contributed by atoms with Gasteiger partial charge in [0.25, 0.3) is 5.91 Å². The molecule has 2 aromatic carbocycles. The lowest BCUT2D eigenvalue weighted by atomic mass is 10.0. The molecule has 0 radical (unpaired) electrons. The summed E-state index contributed by atoms with van der Waals surface area (Å²) in [5.41, 5.74) is 2.04. The lowest BCUT2D eigenvalue weighted by molar-refractivity contribution is 0.0828. The number of aromatic amines is 1. The Bertz CT molecular complexity index is 1380. The van der Waals surface area contributed by atoms with Crippen molar-refractivity contribution in [3.8, 4) is 5.75 Å². The number of aromatic nitrogens is 2. The monoisotopic (exact) mass is 480 g/mol. The second-order valence-corrected chi connectivity index (χ2v) is 8.88. The van der Waals surface area contributed by atoms with Gasteiger partial charge in [0.15, 0.2) is 0 Å². The first kappa shape index (κ1) is 23.2. The van der Waals surface area contributed by atoms with Crippen LogP contribution in [0.4, 0.5) is 8.78 Å². The Morgan fingerprint density at radius 2 is 2.00 bits per heavy atom. The van der Waals surface area contributed by atoms with Crippen molar-refractivity contribution in [2.75, 3.05) is 26.7 Å². The predicted octanol–water partition coefficient (Wildman–Crippen LogP) is 3.93. The van der Waals surface area contributed by atoms with Crippen molar-refractivity contribution in [3.63, 3.8) is 0 Å². The average molecular weight is 481 g/mol. The Labute approximate surface area is 200 Å². The summed E-state index contributed by atoms with van der Waals surface area (Å²) in [4.78, 5) is 22.0. The van der Waals surface area contributed by atoms with Crippen LogP contribution in [0.2, 0.25) is 0 Å². The number of ether oxygens (including phenoxy) is 1. The summed E-state index contributed by atoms with van der Waals surface area (Å²) < 4.78 is 32.7. The molecule has 1 aliphatic heterocycles. The number of benzene rings is 2. The van der Waals surface area contributed by atoms with Crippen LogP contribution in [0.1, 0.15) is 35.0 Å². The van der Waals surface area contributed by atoms with Crippen molar-refractivity contribution in [2.45, 2.75) is 25.0 Å². The number of amides is 1. The van der Waals surface area contributed by atoms with Crippen molar-refractivity contribution < 1.29 is 23.4 Å². The molecule has 9 heteroatoms. The van der Waals surface area contributed by atoms with E-state index >= 15 is 0 Å². The Morgan fingerprint density at radius 1 is 1.20 bits per heavy atom. The van der Waals surface area contributed by atoms with Crippen molar-refractivity contribution in [3.05, 3.63) is 71.6 Å². The number of hydrogen-bond acceptors (Lipinski definition) is 5. The highest BCUT2D eigenvalue weighted by atomic mass is 19.1. The molecule has 3 heterocycles. The van der Waals surface area contributed by atoms with Gasteiger partial charge in [-0.2, -0.15) is 0 Å². The topological polar surface area (TPSA) is 90.5 Å². The minimum atomic E-state index is -0.706. The Kier molecular flexibility index (Phi) is 6.36. The van der Waals surface area contributed by atoms with E-state index in [9.17, 15) is 18.7 Å². The maximum Gasteiger partial charge on any atom is 0.267 e. The standard InChI is InChI=1S/C26H26F2N4O3/c1-35-17-2-3-22-19(12-17)18(4-7-29-22)25(33)14-32-8-5-16(6-9-32)30-26(34)24-13-20-21(28)10-15(27)11-23(20)31-24/h2-4,7,10-13,16,25,31,33H,5-6,8-9,14H2,1H3,(H,30,34)/t25-/m0/s1. The van der Waals surface area contributed by atoms with E-state index in [1.165, 1.54) is 12.1 Å². The van der Waals surface area contributed by atoms with E-state index in [0.29, 0.717) is 38.2 Å². The molecule has 1 aliphatic rings. The average Bonchev–Trinajstić information content (AvgIpc) is 3.29. The Hall–Kier alpha value is -3.56. The first-order valence-corrected chi connectivity index (χ1v) is 11.5. The first-order valence-electron chi connectivity index (χ1n) is 11.5. The molecule has 1 saturated heterocycles. The smallest absolute Gasteiger partial charge is 0.267 e. The lowest BCUT2D eigenvalue weighted by Crippen LogP contribution is -2.45. The summed E-state index contributed by atoms with van der Waals surface area (Å²) >= 11 is 0. The van der Waals surface area contributed by atoms with Crippen LogP contribution < -0.4 is 10.1 Å². The number of H-pyrrole nitrogens is 1. The second kappa shape index (κ2) is 9.59. The number of pyridine rings is 1. The van der Waals surface area contributed by atoms with Crippen LogP contribution in [0.15, 0.2) is 48.7 Å². The normalized spacial score (nSPS) is 16.0. The van der Waals surface area contributed by atoms with Gasteiger partial charge < -0.3 is 25.0 Å². The second-order valence-electron chi connectivity index (χ2n) is 8.88. The van der Waals surface area contributed by atoms with Crippen LogP contribution in [0.25, 0.3) is 21.8 Å². The number of halogens is 2. The Morgan fingerprint density at radius 3 is 2.77 bits per heavy atom. The van der Waals surface area contributed by atoms with Gasteiger partial charge in [-0.3, -0.25) is 9.78 Å². The van der Waals surface area contributed by atoms with Crippen LogP contribution in [0, 0.1) is 11.6 Å². The van der Waals surface area contributed by atoms with Gasteiger partial charge in [0.2, 0.25) is 0 Å². The highest BCUT2D eigenvalue weighted by Gasteiger charge is 2.24. The van der Waals surface area contributed by atoms with Gasteiger partial charge >= 0.3 is 0 Å². The zero-order chi connectivity index (χ0) is 24.5. The zero-order valence-corrected chi connectivity index (χ0v) is 19.2. The summed E-state index contributed by atoms with van der Waals surface area (Å²) in [6.45, 7) is 1.88. The number of fused-ring (bicyclic) bond motifs is 2. The molecule has 0 unspecified atom stereocenters. The Balaban J connectivity index is 1.19. The quantitative estimate of drug-likeness (QED) is 0.389. The molecule has 0 saturated carbocycles. The summed E-state index contributed by atoms with van der Waals surface area (Å²) in [7, 11) is 1.60. The van der Waals surface area contributed by atoms with Crippen molar-refractivity contribution in [1.29, 1.82) is 0 Å². The van der Waals surface area contributed by atoms with Gasteiger partial charge in [-0.15, -0.1) is 0 Å². The molecule has 1 amide bonds. The predicted molar refractivity (Wildman–Crippen MR) is 128 cm³/mol. The van der Waals surface area contributed by atoms with Crippen LogP contribution in [-0.2, 0) is 0 Å². The number of hydrogen-bond donors (Lipinski definition) is 3. The largest absolute Gasteiger partial charge is 0.497 e. The SMILES string of the molecule is COc1ccc2nccc([C@@H](O)CN3CCC(NC(=O)c4cc5c(F)cc(F)cc5[nH]4)CC3)c2c1. The molecule has 2 aromatic heterocycles. The molecule has 1 atom stereocenters. The molecule has 3 N–H and O–H groups in total. The van der Waals surface area contributed by atoms with Crippen LogP contribution in [-0.4, -0.2) is 58.7 Å². The molecule has 5 rings (SSSR count). The van der Waals surface area contributed by atoms with Crippen LogP contribution in [0.3, 0.4) is 0 Å². The van der Waals surface area contributed by atoms with Gasteiger partial charge in [0.1, 0.15) is 23.1 Å². The van der Waals surface area contributed by atoms with Gasteiger partial charge in [-0.25, -0.2) is 8.78 Å². The number of carbonyl (C=O) groups is 1. The van der Waals surface area contributed by atoms with Gasteiger partial charge in [-0.05, 0) is 54.8 Å². The molecular weight excluding hydrogens is 454 g/mol. The first-order chi connectivity index (χ1) is 16.9. The number of rotatable bonds is 6. The molecular formula is C26H26F2N4O3. The summed E-state index contributed by atoms with van der Waals surface area (Å²) in [6.07, 6.45) is 2.43. The molecule has 7 nitrogen and oxygen atoms in total. The molecule has 0 bridgehead atoms. The number of β-amino-alcohol motifs (C(OH)–C–C–N with tert-alkyl or cyclic N) is 1. The van der Waals surface area contributed by atoms with Gasteiger partial charge in [0.05, 0.1) is 24.2 Å². The number of nitrogens with one attached hydrogen (secondary N) is 2. The van der Waals surface area contributed by atoms with Crippen molar-refractivity contribution >= 4 is 27.7 Å². The zero-order valence-electron chi connectivity index (χ0n) is 19.2. The molecule has 0 spiro atoms. The maximum absolute atomic E-state index is 13.9. The van der Waals surface area contributed by atoms with Gasteiger partial charge in [-0.1, -0.05) is 0 Å². The summed E-state index contributed by atoms with van der Waals surface area (Å²) in [5.74, 6) is -1.05. The minimum absolute atomic E-state index is 0.0464. The van der Waals surface area contributed by atoms with E-state index in [2.05, 4.69) is 20.2 Å². The highest BCUT2D eigenvalue weighted by Crippen LogP contribution is 2.28. The fourth-order valence-corrected chi connectivity index (χ4v) is 4.71. The molecule has 1 fully saturated rings. The molecule has 0 aliphatic carbocycles. The van der Waals surface area contributed by atoms with E-state index in [0.717, 1.165) is 22.5 Å². The third-order valence-electron chi connectivity index (χ3n) is 6.59. The number of carbonyl (C=O) groups excluding carboxylic acids is 1. The van der Waals surface area contributed by atoms with E-state index in [-0.39, 0.29) is 28.5 Å². The van der Waals surface area contributed by atoms with Crippen LogP contribution >= 0.6 is 0 Å².